The fourth-order valence-corrected chi connectivity index (χ4v) is 0.743. The first-order valence-electron chi connectivity index (χ1n) is 5.65. The minimum absolute atomic E-state index is 0. The van der Waals surface area contributed by atoms with Crippen molar-refractivity contribution < 1.29 is 0 Å². The Bertz CT molecular complexity index is 210. The summed E-state index contributed by atoms with van der Waals surface area (Å²) in [7, 11) is 0. The van der Waals surface area contributed by atoms with Gasteiger partial charge in [-0.15, -0.1) is 0 Å². The van der Waals surface area contributed by atoms with Gasteiger partial charge in [-0.3, -0.25) is 0 Å². The average Bonchev–Trinajstić information content (AvgIpc) is 2.33. The van der Waals surface area contributed by atoms with E-state index in [2.05, 4.69) is 27.7 Å². The predicted octanol–water partition coefficient (Wildman–Crippen LogP) is 4.36. The first-order chi connectivity index (χ1) is 7.63. The van der Waals surface area contributed by atoms with Gasteiger partial charge in [-0.05, 0) is 0 Å². The Balaban J connectivity index is -0.000000189. The van der Waals surface area contributed by atoms with Crippen LogP contribution in [0.4, 0.5) is 0 Å². The molecular weight excluding hydrogens is 351 g/mol. The van der Waals surface area contributed by atoms with Crippen LogP contribution >= 0.6 is 0 Å². The third-order valence-electron chi connectivity index (χ3n) is 1.56. The molecule has 0 amide bonds. The molecule has 1 aromatic rings. The third-order valence-corrected chi connectivity index (χ3v) is 2.40. The average molecular weight is 373 g/mol. The first-order valence-corrected chi connectivity index (χ1v) is 6.47. The molecule has 1 rings (SSSR count). The number of hydrogen-bond donors (Lipinski definition) is 0. The van der Waals surface area contributed by atoms with Gasteiger partial charge in [-0.1, -0.05) is 77.6 Å². The van der Waals surface area contributed by atoms with E-state index in [4.69, 9.17) is 25.3 Å². The van der Waals surface area contributed by atoms with E-state index in [0.717, 1.165) is 22.6 Å². The molecular formula is C14H22S2Sn. The van der Waals surface area contributed by atoms with Crippen molar-refractivity contribution in [2.75, 3.05) is 0 Å². The monoisotopic (exact) mass is 374 g/mol. The molecule has 0 atom stereocenters. The summed E-state index contributed by atoms with van der Waals surface area (Å²) in [5.74, 6) is 0. The van der Waals surface area contributed by atoms with Crippen molar-refractivity contribution in [3.63, 3.8) is 0 Å². The molecule has 0 nitrogen and oxygen atoms in total. The van der Waals surface area contributed by atoms with Gasteiger partial charge in [-0.2, -0.15) is 9.79 Å². The van der Waals surface area contributed by atoms with Gasteiger partial charge in [0, 0.05) is 0 Å². The second kappa shape index (κ2) is 18.8. The summed E-state index contributed by atoms with van der Waals surface area (Å²) in [4.78, 5) is 1.53. The number of unbranched alkanes of at least 4 members (excludes halogenated alkanes) is 2. The minimum Gasteiger partial charge on any atom is -0.781 e. The van der Waals surface area contributed by atoms with Gasteiger partial charge in [0.15, 0.2) is 0 Å². The topological polar surface area (TPSA) is 0 Å². The number of hydrogen-bond acceptors (Lipinski definition) is 2. The fourth-order valence-electron chi connectivity index (χ4n) is 0.450. The summed E-state index contributed by atoms with van der Waals surface area (Å²) >= 11 is 9.70. The van der Waals surface area contributed by atoms with Gasteiger partial charge in [0.25, 0.3) is 0 Å². The van der Waals surface area contributed by atoms with Crippen molar-refractivity contribution in [2.45, 2.75) is 49.3 Å². The molecule has 0 aliphatic heterocycles. The van der Waals surface area contributed by atoms with E-state index in [1.807, 2.05) is 24.3 Å². The Kier molecular flexibility index (Phi) is 25.0. The van der Waals surface area contributed by atoms with Gasteiger partial charge in [-0.25, -0.2) is 0 Å². The summed E-state index contributed by atoms with van der Waals surface area (Å²) in [5, 5.41) is 0. The van der Waals surface area contributed by atoms with E-state index >= 15 is 0 Å². The van der Waals surface area contributed by atoms with E-state index in [9.17, 15) is 0 Å². The van der Waals surface area contributed by atoms with Gasteiger partial charge in [0.1, 0.15) is 0 Å². The van der Waals surface area contributed by atoms with Crippen molar-refractivity contribution >= 4 is 49.2 Å². The molecule has 17 heavy (non-hydrogen) atoms. The normalized spacial score (nSPS) is 7.76. The summed E-state index contributed by atoms with van der Waals surface area (Å²) in [6.45, 7) is 11.4. The van der Waals surface area contributed by atoms with E-state index in [1.165, 1.54) is 12.8 Å². The van der Waals surface area contributed by atoms with Crippen LogP contribution in [0.15, 0.2) is 34.1 Å². The zero-order chi connectivity index (χ0) is 12.8. The zero-order valence-electron chi connectivity index (χ0n) is 10.9. The molecule has 0 N–H and O–H groups in total. The standard InChI is InChI=1S/C6H6S2.2C4H9.Sn/c7-5-3-1-2-4-6(5)8;2*1-3-4-2;/h1-4,7-8H;2*1,3-4H2,2H3;/q;;;+2/p-2. The van der Waals surface area contributed by atoms with E-state index in [1.54, 1.807) is 0 Å². The largest absolute Gasteiger partial charge is 2.00 e. The first kappa shape index (κ1) is 22.6. The summed E-state index contributed by atoms with van der Waals surface area (Å²) < 4.78 is 0. The van der Waals surface area contributed by atoms with Crippen LogP contribution in [0.2, 0.25) is 0 Å². The molecule has 0 heterocycles. The third kappa shape index (κ3) is 19.0. The van der Waals surface area contributed by atoms with Crippen LogP contribution in [0.3, 0.4) is 0 Å². The van der Waals surface area contributed by atoms with Crippen LogP contribution in [0.1, 0.15) is 39.5 Å². The summed E-state index contributed by atoms with van der Waals surface area (Å²) in [5.41, 5.74) is 0. The van der Waals surface area contributed by atoms with Crippen LogP contribution in [-0.2, 0) is 25.3 Å². The Morgan fingerprint density at radius 1 is 0.882 bits per heavy atom. The van der Waals surface area contributed by atoms with Crippen LogP contribution in [0.25, 0.3) is 0 Å². The maximum absolute atomic E-state index is 4.85. The zero-order valence-corrected chi connectivity index (χ0v) is 15.4. The molecule has 0 bridgehead atoms. The van der Waals surface area contributed by atoms with Crippen molar-refractivity contribution in [3.05, 3.63) is 38.1 Å². The number of rotatable bonds is 2. The van der Waals surface area contributed by atoms with E-state index in [0.29, 0.717) is 0 Å². The summed E-state index contributed by atoms with van der Waals surface area (Å²) in [6, 6.07) is 7.44. The molecule has 4 radical (unpaired) electrons. The van der Waals surface area contributed by atoms with E-state index in [-0.39, 0.29) is 23.9 Å². The maximum Gasteiger partial charge on any atom is 2.00 e. The van der Waals surface area contributed by atoms with E-state index < -0.39 is 0 Å². The fraction of sp³-hybridized carbons (Fsp3) is 0.429. The van der Waals surface area contributed by atoms with Crippen molar-refractivity contribution in [1.29, 1.82) is 0 Å². The predicted molar refractivity (Wildman–Crippen MR) is 84.0 cm³/mol. The quantitative estimate of drug-likeness (QED) is 0.558. The van der Waals surface area contributed by atoms with Crippen LogP contribution in [0.5, 0.6) is 0 Å². The van der Waals surface area contributed by atoms with Crippen LogP contribution in [-0.4, -0.2) is 23.9 Å². The Morgan fingerprint density at radius 2 is 1.12 bits per heavy atom. The smallest absolute Gasteiger partial charge is 0.781 e. The molecule has 3 heteroatoms. The van der Waals surface area contributed by atoms with Crippen molar-refractivity contribution in [2.24, 2.45) is 0 Å². The van der Waals surface area contributed by atoms with Gasteiger partial charge in [0.05, 0.1) is 0 Å². The number of benzene rings is 1. The van der Waals surface area contributed by atoms with Crippen molar-refractivity contribution in [1.82, 2.24) is 0 Å². The maximum atomic E-state index is 4.85. The minimum atomic E-state index is 0. The Hall–Kier alpha value is 0.459. The molecule has 0 aromatic heterocycles. The molecule has 0 spiro atoms. The van der Waals surface area contributed by atoms with Gasteiger partial charge in [0.2, 0.25) is 0 Å². The SMILES string of the molecule is [CH2]CCC.[CH2]CCC.[S-]c1ccccc1[S-].[Sn+2]. The van der Waals surface area contributed by atoms with Crippen LogP contribution < -0.4 is 0 Å². The molecule has 1 aromatic carbocycles. The Morgan fingerprint density at radius 3 is 1.24 bits per heavy atom. The summed E-state index contributed by atoms with van der Waals surface area (Å²) in [6.07, 6.45) is 4.56. The Labute approximate surface area is 136 Å². The molecule has 0 aliphatic rings. The van der Waals surface area contributed by atoms with Crippen LogP contribution in [0, 0.1) is 13.8 Å². The molecule has 0 saturated heterocycles. The molecule has 0 aliphatic carbocycles. The van der Waals surface area contributed by atoms with Gasteiger partial charge >= 0.3 is 23.9 Å². The molecule has 0 saturated carbocycles. The molecule has 94 valence electrons. The molecule has 0 unspecified atom stereocenters. The second-order valence-corrected chi connectivity index (χ2v) is 4.03. The molecule has 0 fully saturated rings. The van der Waals surface area contributed by atoms with Crippen molar-refractivity contribution in [3.8, 4) is 0 Å². The second-order valence-electron chi connectivity index (χ2n) is 3.15. The van der Waals surface area contributed by atoms with Gasteiger partial charge < -0.3 is 25.3 Å².